The minimum absolute atomic E-state index is 0.234. The fourth-order valence-electron chi connectivity index (χ4n) is 4.44. The smallest absolute Gasteiger partial charge is 0.348 e. The van der Waals surface area contributed by atoms with Crippen molar-refractivity contribution in [3.8, 4) is 0 Å². The molecule has 1 aliphatic rings. The molecule has 0 aliphatic carbocycles. The van der Waals surface area contributed by atoms with Crippen molar-refractivity contribution in [2.45, 2.75) is 83.6 Å². The maximum absolute atomic E-state index is 12.6. The van der Waals surface area contributed by atoms with E-state index in [-0.39, 0.29) is 17.9 Å². The lowest BCUT2D eigenvalue weighted by Crippen LogP contribution is -2.32. The summed E-state index contributed by atoms with van der Waals surface area (Å²) < 4.78 is 4.78. The molecule has 5 heteroatoms. The Morgan fingerprint density at radius 1 is 1.16 bits per heavy atom. The Hall–Kier alpha value is -2.14. The zero-order chi connectivity index (χ0) is 22.2. The van der Waals surface area contributed by atoms with Gasteiger partial charge >= 0.3 is 5.97 Å². The molecule has 0 N–H and O–H groups in total. The lowest BCUT2D eigenvalue weighted by Gasteiger charge is -2.25. The topological polar surface area (TPSA) is 46.6 Å². The molecule has 0 radical (unpaired) electrons. The normalized spacial score (nSPS) is 17.2. The standard InChI is InChI=1S/C26H35NO3S/c1-4-5-6-8-19(2)20-11-13-22(14-12-20)27-21(15-18-25(27)28)9-7-10-23-16-17-24(31-23)26(29)30-3/h11-14,16-17,19,21H,4-10,15,18H2,1-3H3/t19-,21-/m0/s1. The molecule has 2 aromatic rings. The second-order valence-electron chi connectivity index (χ2n) is 8.59. The Morgan fingerprint density at radius 2 is 1.94 bits per heavy atom. The molecule has 2 atom stereocenters. The first-order valence-corrected chi connectivity index (χ1v) is 12.4. The van der Waals surface area contributed by atoms with Crippen molar-refractivity contribution in [2.75, 3.05) is 12.0 Å². The average Bonchev–Trinajstić information content (AvgIpc) is 3.40. The van der Waals surface area contributed by atoms with Gasteiger partial charge in [-0.05, 0) is 67.9 Å². The third kappa shape index (κ3) is 6.19. The second-order valence-corrected chi connectivity index (χ2v) is 9.76. The van der Waals surface area contributed by atoms with E-state index in [9.17, 15) is 9.59 Å². The van der Waals surface area contributed by atoms with Gasteiger partial charge in [0.05, 0.1) is 7.11 Å². The van der Waals surface area contributed by atoms with Gasteiger partial charge in [-0.2, -0.15) is 0 Å². The molecule has 31 heavy (non-hydrogen) atoms. The predicted molar refractivity (Wildman–Crippen MR) is 128 cm³/mol. The third-order valence-electron chi connectivity index (χ3n) is 6.32. The average molecular weight is 442 g/mol. The molecular formula is C26H35NO3S. The highest BCUT2D eigenvalue weighted by molar-refractivity contribution is 7.13. The summed E-state index contributed by atoms with van der Waals surface area (Å²) in [4.78, 5) is 28.1. The van der Waals surface area contributed by atoms with Crippen LogP contribution in [0, 0.1) is 0 Å². The van der Waals surface area contributed by atoms with Crippen LogP contribution in [0.25, 0.3) is 0 Å². The molecule has 0 unspecified atom stereocenters. The molecule has 0 saturated carbocycles. The first-order valence-electron chi connectivity index (χ1n) is 11.6. The van der Waals surface area contributed by atoms with Crippen LogP contribution in [0.4, 0.5) is 5.69 Å². The van der Waals surface area contributed by atoms with Gasteiger partial charge in [-0.1, -0.05) is 45.2 Å². The molecule has 1 amide bonds. The Bertz CT molecular complexity index is 858. The lowest BCUT2D eigenvalue weighted by atomic mass is 9.95. The van der Waals surface area contributed by atoms with E-state index >= 15 is 0 Å². The monoisotopic (exact) mass is 441 g/mol. The number of aryl methyl sites for hydroxylation is 1. The Labute approximate surface area is 190 Å². The molecule has 3 rings (SSSR count). The molecular weight excluding hydrogens is 406 g/mol. The van der Waals surface area contributed by atoms with Gasteiger partial charge in [-0.3, -0.25) is 4.79 Å². The Balaban J connectivity index is 1.55. The fraction of sp³-hybridized carbons (Fsp3) is 0.538. The highest BCUT2D eigenvalue weighted by Crippen LogP contribution is 2.32. The summed E-state index contributed by atoms with van der Waals surface area (Å²) in [5.74, 6) is 0.524. The first kappa shape index (κ1) is 23.5. The van der Waals surface area contributed by atoms with Crippen LogP contribution in [0.3, 0.4) is 0 Å². The van der Waals surface area contributed by atoms with Gasteiger partial charge in [0.15, 0.2) is 0 Å². The van der Waals surface area contributed by atoms with Crippen LogP contribution in [-0.2, 0) is 16.0 Å². The summed E-state index contributed by atoms with van der Waals surface area (Å²) in [5, 5.41) is 0. The number of unbranched alkanes of at least 4 members (excludes halogenated alkanes) is 2. The highest BCUT2D eigenvalue weighted by Gasteiger charge is 2.31. The minimum Gasteiger partial charge on any atom is -0.465 e. The number of amides is 1. The molecule has 168 valence electrons. The number of thiophene rings is 1. The van der Waals surface area contributed by atoms with E-state index in [1.165, 1.54) is 54.6 Å². The molecule has 1 aliphatic heterocycles. The van der Waals surface area contributed by atoms with Gasteiger partial charge in [-0.25, -0.2) is 4.79 Å². The minimum atomic E-state index is -0.271. The van der Waals surface area contributed by atoms with Crippen LogP contribution in [0.2, 0.25) is 0 Å². The van der Waals surface area contributed by atoms with E-state index < -0.39 is 0 Å². The van der Waals surface area contributed by atoms with Gasteiger partial charge < -0.3 is 9.64 Å². The largest absolute Gasteiger partial charge is 0.465 e. The molecule has 4 nitrogen and oxygen atoms in total. The molecule has 0 spiro atoms. The fourth-order valence-corrected chi connectivity index (χ4v) is 5.40. The number of hydrogen-bond donors (Lipinski definition) is 0. The van der Waals surface area contributed by atoms with E-state index in [0.29, 0.717) is 17.2 Å². The quantitative estimate of drug-likeness (QED) is 0.287. The van der Waals surface area contributed by atoms with E-state index in [4.69, 9.17) is 4.74 Å². The summed E-state index contributed by atoms with van der Waals surface area (Å²) >= 11 is 1.50. The van der Waals surface area contributed by atoms with Crippen molar-refractivity contribution in [1.82, 2.24) is 0 Å². The van der Waals surface area contributed by atoms with Gasteiger partial charge in [0.1, 0.15) is 4.88 Å². The summed E-state index contributed by atoms with van der Waals surface area (Å²) in [5.41, 5.74) is 2.39. The summed E-state index contributed by atoms with van der Waals surface area (Å²) in [6.45, 7) is 4.54. The summed E-state index contributed by atoms with van der Waals surface area (Å²) in [7, 11) is 1.41. The number of esters is 1. The molecule has 1 saturated heterocycles. The maximum atomic E-state index is 12.6. The van der Waals surface area contributed by atoms with E-state index in [1.807, 2.05) is 17.0 Å². The van der Waals surface area contributed by atoms with Crippen LogP contribution < -0.4 is 4.90 Å². The van der Waals surface area contributed by atoms with Crippen LogP contribution in [0.15, 0.2) is 36.4 Å². The number of ether oxygens (including phenoxy) is 1. The van der Waals surface area contributed by atoms with Gasteiger partial charge in [0.25, 0.3) is 0 Å². The first-order chi connectivity index (χ1) is 15.0. The number of carbonyl (C=O) groups is 2. The molecule has 1 aromatic heterocycles. The molecule has 1 aromatic carbocycles. The Kier molecular flexibility index (Phi) is 8.70. The number of methoxy groups -OCH3 is 1. The maximum Gasteiger partial charge on any atom is 0.348 e. The number of anilines is 1. The number of carbonyl (C=O) groups excluding carboxylic acids is 2. The third-order valence-corrected chi connectivity index (χ3v) is 7.44. The number of hydrogen-bond acceptors (Lipinski definition) is 4. The van der Waals surface area contributed by atoms with Crippen molar-refractivity contribution in [3.63, 3.8) is 0 Å². The lowest BCUT2D eigenvalue weighted by molar-refractivity contribution is -0.117. The number of benzene rings is 1. The Morgan fingerprint density at radius 3 is 2.65 bits per heavy atom. The van der Waals surface area contributed by atoms with Crippen molar-refractivity contribution in [1.29, 1.82) is 0 Å². The van der Waals surface area contributed by atoms with Crippen molar-refractivity contribution >= 4 is 28.9 Å². The van der Waals surface area contributed by atoms with E-state index in [0.717, 1.165) is 31.4 Å². The summed E-state index contributed by atoms with van der Waals surface area (Å²) in [6.07, 6.45) is 9.50. The van der Waals surface area contributed by atoms with Crippen LogP contribution in [0.1, 0.15) is 91.2 Å². The van der Waals surface area contributed by atoms with E-state index in [1.54, 1.807) is 0 Å². The van der Waals surface area contributed by atoms with Gasteiger partial charge in [-0.15, -0.1) is 11.3 Å². The van der Waals surface area contributed by atoms with Gasteiger partial charge in [0, 0.05) is 23.0 Å². The van der Waals surface area contributed by atoms with Crippen LogP contribution >= 0.6 is 11.3 Å². The summed E-state index contributed by atoms with van der Waals surface area (Å²) in [6, 6.07) is 12.8. The van der Waals surface area contributed by atoms with Crippen molar-refractivity contribution in [3.05, 3.63) is 51.7 Å². The molecule has 2 heterocycles. The number of rotatable bonds is 11. The van der Waals surface area contributed by atoms with Gasteiger partial charge in [0.2, 0.25) is 5.91 Å². The van der Waals surface area contributed by atoms with Crippen molar-refractivity contribution < 1.29 is 14.3 Å². The zero-order valence-corrected chi connectivity index (χ0v) is 19.9. The highest BCUT2D eigenvalue weighted by atomic mass is 32.1. The molecule has 1 fully saturated rings. The van der Waals surface area contributed by atoms with E-state index in [2.05, 4.69) is 38.1 Å². The van der Waals surface area contributed by atoms with Crippen LogP contribution in [-0.4, -0.2) is 25.0 Å². The zero-order valence-electron chi connectivity index (χ0n) is 19.1. The van der Waals surface area contributed by atoms with Crippen LogP contribution in [0.5, 0.6) is 0 Å². The second kappa shape index (κ2) is 11.5. The molecule has 0 bridgehead atoms. The number of nitrogens with zero attached hydrogens (tertiary/aromatic N) is 1. The predicted octanol–water partition coefficient (Wildman–Crippen LogP) is 6.74. The van der Waals surface area contributed by atoms with Crippen molar-refractivity contribution in [2.24, 2.45) is 0 Å². The SMILES string of the molecule is CCCCC[C@H](C)c1ccc(N2C(=O)CC[C@@H]2CCCc2ccc(C(=O)OC)s2)cc1.